The number of rotatable bonds is 5. The number of hydrogen-bond donors (Lipinski definition) is 0. The lowest BCUT2D eigenvalue weighted by atomic mass is 10.0. The quantitative estimate of drug-likeness (QED) is 0.290. The molecule has 0 radical (unpaired) electrons. The Kier molecular flexibility index (Phi) is 4.51. The van der Waals surface area contributed by atoms with Crippen molar-refractivity contribution < 1.29 is 4.42 Å². The molecule has 5 heteroatoms. The average Bonchev–Trinajstić information content (AvgIpc) is 3.20. The van der Waals surface area contributed by atoms with Crippen LogP contribution in [0, 0.1) is 0 Å². The van der Waals surface area contributed by atoms with Gasteiger partial charge in [-0.2, -0.15) is 0 Å². The summed E-state index contributed by atoms with van der Waals surface area (Å²) >= 11 is 1.53. The van der Waals surface area contributed by atoms with Gasteiger partial charge in [0.1, 0.15) is 0 Å². The van der Waals surface area contributed by atoms with Gasteiger partial charge in [-0.25, -0.2) is 0 Å². The van der Waals surface area contributed by atoms with E-state index in [4.69, 9.17) is 9.40 Å². The highest BCUT2D eigenvalue weighted by Gasteiger charge is 2.12. The molecule has 0 unspecified atom stereocenters. The normalized spacial score (nSPS) is 11.3. The summed E-state index contributed by atoms with van der Waals surface area (Å²) in [4.78, 5) is 4.88. The Morgan fingerprint density at radius 2 is 1.43 bits per heavy atom. The van der Waals surface area contributed by atoms with Gasteiger partial charge >= 0.3 is 0 Å². The van der Waals surface area contributed by atoms with Crippen LogP contribution in [0.2, 0.25) is 0 Å². The fourth-order valence-electron chi connectivity index (χ4n) is 3.35. The molecule has 0 saturated heterocycles. The van der Waals surface area contributed by atoms with Crippen molar-refractivity contribution in [2.75, 3.05) is 0 Å². The number of thioether (sulfide) groups is 1. The van der Waals surface area contributed by atoms with Gasteiger partial charge in [-0.15, -0.1) is 10.2 Å². The topological polar surface area (TPSA) is 51.8 Å². The lowest BCUT2D eigenvalue weighted by molar-refractivity contribution is 0.420. The summed E-state index contributed by atoms with van der Waals surface area (Å²) in [7, 11) is 0. The van der Waals surface area contributed by atoms with Crippen molar-refractivity contribution in [1.29, 1.82) is 0 Å². The van der Waals surface area contributed by atoms with Crippen molar-refractivity contribution in [2.45, 2.75) is 17.4 Å². The zero-order valence-corrected chi connectivity index (χ0v) is 15.9. The van der Waals surface area contributed by atoms with Gasteiger partial charge in [0.25, 0.3) is 5.22 Å². The number of para-hydroxylation sites is 1. The molecule has 136 valence electrons. The number of fused-ring (bicyclic) bond motifs is 3. The number of aromatic nitrogens is 3. The molecule has 0 aliphatic carbocycles. The Morgan fingerprint density at radius 3 is 2.29 bits per heavy atom. The molecule has 2 aromatic heterocycles. The summed E-state index contributed by atoms with van der Waals surface area (Å²) in [6, 6.07) is 26.8. The van der Waals surface area contributed by atoms with Crippen molar-refractivity contribution in [1.82, 2.24) is 15.2 Å². The first kappa shape index (κ1) is 17.0. The highest BCUT2D eigenvalue weighted by molar-refractivity contribution is 7.98. The van der Waals surface area contributed by atoms with Crippen LogP contribution in [0.4, 0.5) is 0 Å². The van der Waals surface area contributed by atoms with E-state index in [0.29, 0.717) is 23.3 Å². The molecule has 0 aliphatic heterocycles. The second-order valence-corrected chi connectivity index (χ2v) is 7.46. The number of pyridine rings is 1. The van der Waals surface area contributed by atoms with Crippen LogP contribution in [0.25, 0.3) is 21.7 Å². The third-order valence-corrected chi connectivity index (χ3v) is 5.50. The van der Waals surface area contributed by atoms with Crippen molar-refractivity contribution in [3.8, 4) is 0 Å². The summed E-state index contributed by atoms with van der Waals surface area (Å²) < 4.78 is 5.82. The van der Waals surface area contributed by atoms with E-state index >= 15 is 0 Å². The predicted octanol–water partition coefficient (Wildman–Crippen LogP) is 5.65. The first-order valence-corrected chi connectivity index (χ1v) is 10.1. The van der Waals surface area contributed by atoms with E-state index in [1.807, 2.05) is 24.3 Å². The molecule has 0 fully saturated rings. The Morgan fingerprint density at radius 1 is 0.714 bits per heavy atom. The highest BCUT2D eigenvalue weighted by Crippen LogP contribution is 2.30. The molecule has 5 rings (SSSR count). The van der Waals surface area contributed by atoms with Crippen LogP contribution in [-0.2, 0) is 12.2 Å². The fraction of sp³-hybridized carbons (Fsp3) is 0.0870. The third kappa shape index (κ3) is 3.37. The number of hydrogen-bond acceptors (Lipinski definition) is 5. The number of nitrogens with zero attached hydrogens (tertiary/aromatic N) is 3. The Labute approximate surface area is 166 Å². The van der Waals surface area contributed by atoms with Gasteiger partial charge in [0.05, 0.1) is 17.6 Å². The van der Waals surface area contributed by atoms with E-state index in [-0.39, 0.29) is 0 Å². The van der Waals surface area contributed by atoms with Crippen LogP contribution >= 0.6 is 11.8 Å². The van der Waals surface area contributed by atoms with Crippen LogP contribution in [0.15, 0.2) is 88.5 Å². The van der Waals surface area contributed by atoms with Gasteiger partial charge in [-0.05, 0) is 17.0 Å². The van der Waals surface area contributed by atoms with Gasteiger partial charge in [0.15, 0.2) is 0 Å². The first-order chi connectivity index (χ1) is 13.9. The minimum Gasteiger partial charge on any atom is -0.416 e. The molecule has 0 amide bonds. The maximum Gasteiger partial charge on any atom is 0.276 e. The molecule has 5 aromatic rings. The molecule has 0 N–H and O–H groups in total. The molecular weight excluding hydrogens is 366 g/mol. The van der Waals surface area contributed by atoms with Crippen molar-refractivity contribution >= 4 is 33.4 Å². The summed E-state index contributed by atoms with van der Waals surface area (Å²) in [5.74, 6) is 1.31. The zero-order valence-electron chi connectivity index (χ0n) is 15.1. The van der Waals surface area contributed by atoms with E-state index in [0.717, 1.165) is 22.2 Å². The highest BCUT2D eigenvalue weighted by atomic mass is 32.2. The lowest BCUT2D eigenvalue weighted by Gasteiger charge is -2.08. The molecule has 0 atom stereocenters. The summed E-state index contributed by atoms with van der Waals surface area (Å²) in [5.41, 5.74) is 3.19. The summed E-state index contributed by atoms with van der Waals surface area (Å²) in [5, 5.41) is 12.5. The SMILES string of the molecule is c1ccc(Cc2nnc(SCc3nc4ccccc4c4ccccc34)o2)cc1. The van der Waals surface area contributed by atoms with E-state index in [1.165, 1.54) is 22.5 Å². The van der Waals surface area contributed by atoms with Gasteiger partial charge in [0.2, 0.25) is 5.89 Å². The monoisotopic (exact) mass is 383 g/mol. The second kappa shape index (κ2) is 7.44. The lowest BCUT2D eigenvalue weighted by Crippen LogP contribution is -1.92. The predicted molar refractivity (Wildman–Crippen MR) is 112 cm³/mol. The minimum atomic E-state index is 0.574. The van der Waals surface area contributed by atoms with Gasteiger partial charge in [0, 0.05) is 16.5 Å². The van der Waals surface area contributed by atoms with Gasteiger partial charge < -0.3 is 4.42 Å². The van der Waals surface area contributed by atoms with Crippen LogP contribution < -0.4 is 0 Å². The molecule has 0 spiro atoms. The van der Waals surface area contributed by atoms with Crippen molar-refractivity contribution in [3.05, 3.63) is 96.0 Å². The molecule has 2 heterocycles. The molecule has 0 aliphatic rings. The molecular formula is C23H17N3OS. The largest absolute Gasteiger partial charge is 0.416 e. The first-order valence-electron chi connectivity index (χ1n) is 9.12. The van der Waals surface area contributed by atoms with Crippen LogP contribution in [-0.4, -0.2) is 15.2 Å². The standard InChI is InChI=1S/C23H17N3OS/c1-2-8-16(9-3-1)14-22-25-26-23(27-22)28-15-21-19-12-5-4-10-17(19)18-11-6-7-13-20(18)24-21/h1-13H,14-15H2. The second-order valence-electron chi connectivity index (χ2n) is 6.53. The van der Waals surface area contributed by atoms with E-state index in [1.54, 1.807) is 0 Å². The van der Waals surface area contributed by atoms with E-state index in [2.05, 4.69) is 64.8 Å². The van der Waals surface area contributed by atoms with Gasteiger partial charge in [-0.1, -0.05) is 84.6 Å². The average molecular weight is 383 g/mol. The van der Waals surface area contributed by atoms with Crippen LogP contribution in [0.5, 0.6) is 0 Å². The van der Waals surface area contributed by atoms with Gasteiger partial charge in [-0.3, -0.25) is 4.98 Å². The maximum absolute atomic E-state index is 5.82. The minimum absolute atomic E-state index is 0.574. The Balaban J connectivity index is 1.40. The van der Waals surface area contributed by atoms with E-state index < -0.39 is 0 Å². The maximum atomic E-state index is 5.82. The molecule has 28 heavy (non-hydrogen) atoms. The summed E-state index contributed by atoms with van der Waals surface area (Å²) in [6.07, 6.45) is 0.644. The molecule has 4 nitrogen and oxygen atoms in total. The molecule has 0 bridgehead atoms. The summed E-state index contributed by atoms with van der Waals surface area (Å²) in [6.45, 7) is 0. The molecule has 0 saturated carbocycles. The zero-order chi connectivity index (χ0) is 18.8. The number of benzene rings is 3. The third-order valence-electron chi connectivity index (χ3n) is 4.67. The van der Waals surface area contributed by atoms with Crippen LogP contribution in [0.3, 0.4) is 0 Å². The Hall–Kier alpha value is -3.18. The van der Waals surface area contributed by atoms with Crippen molar-refractivity contribution in [3.63, 3.8) is 0 Å². The van der Waals surface area contributed by atoms with Crippen molar-refractivity contribution in [2.24, 2.45) is 0 Å². The smallest absolute Gasteiger partial charge is 0.276 e. The fourth-order valence-corrected chi connectivity index (χ4v) is 4.09. The molecule has 3 aromatic carbocycles. The Bertz CT molecular complexity index is 1250. The van der Waals surface area contributed by atoms with Crippen LogP contribution in [0.1, 0.15) is 17.1 Å². The van der Waals surface area contributed by atoms with E-state index in [9.17, 15) is 0 Å².